The summed E-state index contributed by atoms with van der Waals surface area (Å²) in [6.45, 7) is 11.0. The molecule has 0 aliphatic rings. The van der Waals surface area contributed by atoms with Crippen LogP contribution < -0.4 is 0 Å². The van der Waals surface area contributed by atoms with Gasteiger partial charge in [-0.2, -0.15) is 0 Å². The van der Waals surface area contributed by atoms with Gasteiger partial charge in [0.05, 0.1) is 0 Å². The van der Waals surface area contributed by atoms with Crippen LogP contribution in [0, 0.1) is 13.0 Å². The van der Waals surface area contributed by atoms with Gasteiger partial charge in [-0.25, -0.2) is 0 Å². The van der Waals surface area contributed by atoms with Crippen molar-refractivity contribution in [3.8, 4) is 0 Å². The van der Waals surface area contributed by atoms with Gasteiger partial charge in [0.15, 0.2) is 0 Å². The molecule has 0 unspecified atom stereocenters. The second-order valence-electron chi connectivity index (χ2n) is 6.56. The van der Waals surface area contributed by atoms with Gasteiger partial charge in [0.25, 0.3) is 0 Å². The molecule has 22 heavy (non-hydrogen) atoms. The zero-order valence-electron chi connectivity index (χ0n) is 15.0. The standard InChI is InChI=1S/C22H31/c1-18(2)9-6-10-19(3)11-7-12-20(4)15-16-22-14-8-13-21(5)17-22/h8-9,11,13,15,17H,6-7,10,12,16H2,1-5H3. The monoisotopic (exact) mass is 295 g/mol. The molecule has 0 atom stereocenters. The van der Waals surface area contributed by atoms with Crippen molar-refractivity contribution in [2.75, 3.05) is 0 Å². The molecule has 0 heteroatoms. The fraction of sp³-hybridized carbons (Fsp3) is 0.455. The fourth-order valence-corrected chi connectivity index (χ4v) is 2.39. The van der Waals surface area contributed by atoms with Gasteiger partial charge in [-0.15, -0.1) is 0 Å². The summed E-state index contributed by atoms with van der Waals surface area (Å²) in [5.41, 5.74) is 7.00. The first-order chi connectivity index (χ1) is 10.5. The van der Waals surface area contributed by atoms with Crippen LogP contribution in [0.5, 0.6) is 0 Å². The minimum absolute atomic E-state index is 0.997. The normalized spacial score (nSPS) is 12.4. The Morgan fingerprint density at radius 3 is 2.23 bits per heavy atom. The van der Waals surface area contributed by atoms with Crippen LogP contribution in [0.15, 0.2) is 53.1 Å². The highest BCUT2D eigenvalue weighted by atomic mass is 14.0. The molecule has 0 saturated carbocycles. The SMILES string of the molecule is CC(C)=CCCC(C)=CCCC(C)=CCc1[c]ccc(C)c1. The molecule has 0 fully saturated rings. The van der Waals surface area contributed by atoms with Crippen LogP contribution in [-0.2, 0) is 6.42 Å². The highest BCUT2D eigenvalue weighted by Crippen LogP contribution is 2.12. The minimum atomic E-state index is 0.997. The van der Waals surface area contributed by atoms with Crippen molar-refractivity contribution in [2.24, 2.45) is 0 Å². The molecule has 0 saturated heterocycles. The topological polar surface area (TPSA) is 0 Å². The van der Waals surface area contributed by atoms with Crippen molar-refractivity contribution >= 4 is 0 Å². The van der Waals surface area contributed by atoms with Crippen LogP contribution in [0.25, 0.3) is 0 Å². The molecule has 1 rings (SSSR count). The molecular formula is C22H31. The third-order valence-electron chi connectivity index (χ3n) is 3.81. The van der Waals surface area contributed by atoms with Crippen molar-refractivity contribution in [1.29, 1.82) is 0 Å². The first kappa shape index (κ1) is 18.5. The van der Waals surface area contributed by atoms with Gasteiger partial charge < -0.3 is 0 Å². The molecule has 0 bridgehead atoms. The lowest BCUT2D eigenvalue weighted by Crippen LogP contribution is -1.85. The van der Waals surface area contributed by atoms with E-state index in [4.69, 9.17) is 0 Å². The Bertz CT molecular complexity index is 537. The summed E-state index contributed by atoms with van der Waals surface area (Å²) in [6, 6.07) is 9.65. The Morgan fingerprint density at radius 2 is 1.59 bits per heavy atom. The van der Waals surface area contributed by atoms with Crippen LogP contribution in [0.3, 0.4) is 0 Å². The molecule has 0 aliphatic heterocycles. The predicted octanol–water partition coefficient (Wildman–Crippen LogP) is 6.76. The minimum Gasteiger partial charge on any atom is -0.0856 e. The Balaban J connectivity index is 2.34. The van der Waals surface area contributed by atoms with Crippen LogP contribution in [-0.4, -0.2) is 0 Å². The van der Waals surface area contributed by atoms with Crippen LogP contribution >= 0.6 is 0 Å². The Morgan fingerprint density at radius 1 is 0.955 bits per heavy atom. The number of allylic oxidation sites excluding steroid dienone is 6. The fourth-order valence-electron chi connectivity index (χ4n) is 2.39. The van der Waals surface area contributed by atoms with Gasteiger partial charge in [-0.05, 0) is 78.4 Å². The van der Waals surface area contributed by atoms with E-state index in [2.05, 4.69) is 71.0 Å². The number of benzene rings is 1. The van der Waals surface area contributed by atoms with Gasteiger partial charge in [0.1, 0.15) is 0 Å². The Labute approximate surface area is 137 Å². The number of aryl methyl sites for hydroxylation is 1. The summed E-state index contributed by atoms with van der Waals surface area (Å²) < 4.78 is 0. The lowest BCUT2D eigenvalue weighted by Gasteiger charge is -2.02. The molecular weight excluding hydrogens is 264 g/mol. The highest BCUT2D eigenvalue weighted by Gasteiger charge is 1.94. The summed E-state index contributed by atoms with van der Waals surface area (Å²) in [6.07, 6.45) is 12.7. The number of rotatable bonds is 8. The number of hydrogen-bond acceptors (Lipinski definition) is 0. The molecule has 0 N–H and O–H groups in total. The second-order valence-corrected chi connectivity index (χ2v) is 6.56. The first-order valence-electron chi connectivity index (χ1n) is 8.39. The smallest absolute Gasteiger partial charge is 0.00886 e. The quantitative estimate of drug-likeness (QED) is 0.465. The van der Waals surface area contributed by atoms with Crippen molar-refractivity contribution in [3.63, 3.8) is 0 Å². The molecule has 0 amide bonds. The van der Waals surface area contributed by atoms with E-state index in [-0.39, 0.29) is 0 Å². The molecule has 0 aromatic heterocycles. The molecule has 1 radical (unpaired) electrons. The summed E-state index contributed by atoms with van der Waals surface area (Å²) in [5.74, 6) is 0. The van der Waals surface area contributed by atoms with E-state index in [1.54, 1.807) is 0 Å². The maximum Gasteiger partial charge on any atom is -0.00886 e. The summed E-state index contributed by atoms with van der Waals surface area (Å²) >= 11 is 0. The third kappa shape index (κ3) is 8.67. The second kappa shape index (κ2) is 10.2. The van der Waals surface area contributed by atoms with Crippen LogP contribution in [0.2, 0.25) is 0 Å². The predicted molar refractivity (Wildman–Crippen MR) is 99.1 cm³/mol. The summed E-state index contributed by atoms with van der Waals surface area (Å²) in [5, 5.41) is 0. The number of hydrogen-bond donors (Lipinski definition) is 0. The van der Waals surface area contributed by atoms with Crippen molar-refractivity contribution in [1.82, 2.24) is 0 Å². The largest absolute Gasteiger partial charge is 0.0856 e. The Kier molecular flexibility index (Phi) is 8.58. The van der Waals surface area contributed by atoms with Gasteiger partial charge in [-0.1, -0.05) is 58.7 Å². The van der Waals surface area contributed by atoms with E-state index >= 15 is 0 Å². The first-order valence-corrected chi connectivity index (χ1v) is 8.39. The molecule has 0 heterocycles. The zero-order valence-corrected chi connectivity index (χ0v) is 15.0. The van der Waals surface area contributed by atoms with E-state index in [1.165, 1.54) is 40.7 Å². The van der Waals surface area contributed by atoms with Crippen LogP contribution in [0.4, 0.5) is 0 Å². The maximum atomic E-state index is 3.31. The van der Waals surface area contributed by atoms with Crippen molar-refractivity contribution < 1.29 is 0 Å². The van der Waals surface area contributed by atoms with Crippen molar-refractivity contribution in [2.45, 2.75) is 66.7 Å². The summed E-state index contributed by atoms with van der Waals surface area (Å²) in [7, 11) is 0. The molecule has 1 aromatic carbocycles. The molecule has 0 spiro atoms. The molecule has 0 aliphatic carbocycles. The summed E-state index contributed by atoms with van der Waals surface area (Å²) in [4.78, 5) is 0. The highest BCUT2D eigenvalue weighted by molar-refractivity contribution is 5.23. The van der Waals surface area contributed by atoms with E-state index in [0.29, 0.717) is 0 Å². The molecule has 1 aromatic rings. The lowest BCUT2D eigenvalue weighted by molar-refractivity contribution is 0.914. The lowest BCUT2D eigenvalue weighted by atomic mass is 10.0. The average molecular weight is 295 g/mol. The van der Waals surface area contributed by atoms with E-state index in [0.717, 1.165) is 19.3 Å². The van der Waals surface area contributed by atoms with Crippen molar-refractivity contribution in [3.05, 3.63) is 70.3 Å². The van der Waals surface area contributed by atoms with Crippen LogP contribution in [0.1, 0.15) is 64.5 Å². The van der Waals surface area contributed by atoms with Gasteiger partial charge in [0.2, 0.25) is 0 Å². The molecule has 0 nitrogen and oxygen atoms in total. The zero-order chi connectivity index (χ0) is 16.4. The van der Waals surface area contributed by atoms with E-state index in [9.17, 15) is 0 Å². The average Bonchev–Trinajstić information content (AvgIpc) is 2.45. The van der Waals surface area contributed by atoms with E-state index < -0.39 is 0 Å². The van der Waals surface area contributed by atoms with Gasteiger partial charge in [0, 0.05) is 0 Å². The Hall–Kier alpha value is -1.56. The van der Waals surface area contributed by atoms with Gasteiger partial charge >= 0.3 is 0 Å². The van der Waals surface area contributed by atoms with E-state index in [1.807, 2.05) is 6.07 Å². The molecule has 119 valence electrons. The maximum absolute atomic E-state index is 3.31. The van der Waals surface area contributed by atoms with Gasteiger partial charge in [-0.3, -0.25) is 0 Å². The third-order valence-corrected chi connectivity index (χ3v) is 3.81.